The number of carbonyl (C=O) groups excluding carboxylic acids is 2. The van der Waals surface area contributed by atoms with Gasteiger partial charge in [-0.05, 0) is 43.7 Å². The van der Waals surface area contributed by atoms with Crippen molar-refractivity contribution in [1.29, 1.82) is 0 Å². The molecule has 0 atom stereocenters. The van der Waals surface area contributed by atoms with Gasteiger partial charge in [0.15, 0.2) is 0 Å². The molecule has 2 aromatic heterocycles. The van der Waals surface area contributed by atoms with Gasteiger partial charge < -0.3 is 14.5 Å². The van der Waals surface area contributed by atoms with Gasteiger partial charge >= 0.3 is 0 Å². The van der Waals surface area contributed by atoms with Gasteiger partial charge in [0.1, 0.15) is 11.6 Å². The summed E-state index contributed by atoms with van der Waals surface area (Å²) >= 11 is 9.20. The number of nitrogens with one attached hydrogen (secondary N) is 1. The van der Waals surface area contributed by atoms with Crippen LogP contribution in [0.1, 0.15) is 41.1 Å². The molecule has 8 heteroatoms. The predicted octanol–water partition coefficient (Wildman–Crippen LogP) is 6.52. The Morgan fingerprint density at radius 1 is 1.09 bits per heavy atom. The van der Waals surface area contributed by atoms with E-state index >= 15 is 0 Å². The maximum absolute atomic E-state index is 13.5. The number of ether oxygens (including phenoxy) is 1. The molecule has 0 saturated carbocycles. The number of halogens is 2. The monoisotopic (exact) mass is 552 g/mol. The Bertz CT molecular complexity index is 1450. The summed E-state index contributed by atoms with van der Waals surface area (Å²) in [5, 5.41) is 3.41. The fourth-order valence-electron chi connectivity index (χ4n) is 4.35. The van der Waals surface area contributed by atoms with Crippen LogP contribution in [0.3, 0.4) is 0 Å². The Balaban J connectivity index is 1.80. The molecule has 1 aliphatic heterocycles. The van der Waals surface area contributed by atoms with E-state index in [1.165, 1.54) is 0 Å². The van der Waals surface area contributed by atoms with Crippen molar-refractivity contribution in [1.82, 2.24) is 4.98 Å². The third kappa shape index (κ3) is 4.51. The van der Waals surface area contributed by atoms with Gasteiger partial charge in [-0.1, -0.05) is 46.3 Å². The number of amides is 1. The number of rotatable bonds is 5. The van der Waals surface area contributed by atoms with E-state index < -0.39 is 11.5 Å². The fourth-order valence-corrected chi connectivity index (χ4v) is 4.69. The predicted molar refractivity (Wildman–Crippen MR) is 139 cm³/mol. The molecule has 0 bridgehead atoms. The number of aromatic nitrogens is 1. The van der Waals surface area contributed by atoms with Crippen molar-refractivity contribution in [3.8, 4) is 11.3 Å². The molecule has 0 fully saturated rings. The number of nitrogens with zero attached hydrogens (tertiary/aromatic N) is 1. The summed E-state index contributed by atoms with van der Waals surface area (Å²) < 4.78 is 13.1. The minimum Gasteiger partial charge on any atom is -0.432 e. The number of anilines is 1. The van der Waals surface area contributed by atoms with Crippen LogP contribution in [-0.2, 0) is 22.6 Å². The number of hydrogen-bond donors (Lipinski definition) is 1. The number of alkyl halides is 1. The van der Waals surface area contributed by atoms with Crippen LogP contribution in [0, 0.1) is 0 Å². The van der Waals surface area contributed by atoms with E-state index in [1.807, 2.05) is 44.2 Å². The molecule has 35 heavy (non-hydrogen) atoms. The van der Waals surface area contributed by atoms with E-state index in [0.29, 0.717) is 29.7 Å². The average molecular weight is 554 g/mol. The van der Waals surface area contributed by atoms with Gasteiger partial charge in [0.25, 0.3) is 0 Å². The quantitative estimate of drug-likeness (QED) is 0.225. The lowest BCUT2D eigenvalue weighted by atomic mass is 9.87. The summed E-state index contributed by atoms with van der Waals surface area (Å²) in [4.78, 5) is 30.8. The Hall–Kier alpha value is -3.00. The van der Waals surface area contributed by atoms with Crippen molar-refractivity contribution >= 4 is 56.0 Å². The zero-order valence-electron chi connectivity index (χ0n) is 19.2. The average Bonchev–Trinajstić information content (AvgIpc) is 3.21. The van der Waals surface area contributed by atoms with Gasteiger partial charge in [0.2, 0.25) is 23.2 Å². The molecule has 0 spiro atoms. The maximum Gasteiger partial charge on any atom is 0.239 e. The van der Waals surface area contributed by atoms with Crippen LogP contribution in [0.2, 0.25) is 0 Å². The fraction of sp³-hybridized carbons (Fsp3) is 0.222. The molecule has 0 saturated heterocycles. The van der Waals surface area contributed by atoms with Crippen molar-refractivity contribution in [3.05, 3.63) is 81.5 Å². The second kappa shape index (κ2) is 9.22. The number of carbonyl (C=O) groups is 2. The summed E-state index contributed by atoms with van der Waals surface area (Å²) in [6.07, 6.45) is 0.552. The van der Waals surface area contributed by atoms with E-state index in [4.69, 9.17) is 25.7 Å². The number of fused-ring (bicyclic) bond motifs is 3. The number of pyridine rings is 1. The largest absolute Gasteiger partial charge is 0.432 e. The van der Waals surface area contributed by atoms with Crippen LogP contribution in [0.25, 0.3) is 22.4 Å². The van der Waals surface area contributed by atoms with Crippen molar-refractivity contribution in [3.63, 3.8) is 0 Å². The van der Waals surface area contributed by atoms with Crippen molar-refractivity contribution in [2.24, 2.45) is 0 Å². The molecular formula is C27H22BrClN2O4. The number of furan rings is 1. The van der Waals surface area contributed by atoms with Crippen molar-refractivity contribution in [2.45, 2.75) is 32.5 Å². The van der Waals surface area contributed by atoms with Gasteiger partial charge in [-0.15, -0.1) is 11.6 Å². The van der Waals surface area contributed by atoms with Crippen LogP contribution < -0.4 is 5.32 Å². The second-order valence-corrected chi connectivity index (χ2v) is 10.2. The molecule has 0 unspecified atom stereocenters. The lowest BCUT2D eigenvalue weighted by Gasteiger charge is -2.33. The van der Waals surface area contributed by atoms with Crippen molar-refractivity contribution in [2.75, 3.05) is 11.2 Å². The van der Waals surface area contributed by atoms with E-state index in [0.717, 1.165) is 26.9 Å². The first-order valence-corrected chi connectivity index (χ1v) is 12.4. The third-order valence-corrected chi connectivity index (χ3v) is 6.78. The summed E-state index contributed by atoms with van der Waals surface area (Å²) in [5.41, 5.74) is 4.05. The highest BCUT2D eigenvalue weighted by atomic mass is 79.9. The Morgan fingerprint density at radius 3 is 2.49 bits per heavy atom. The minimum atomic E-state index is -0.448. The zero-order chi connectivity index (χ0) is 24.7. The minimum absolute atomic E-state index is 0.0185. The van der Waals surface area contributed by atoms with Gasteiger partial charge in [0.05, 0.1) is 23.3 Å². The highest BCUT2D eigenvalue weighted by Gasteiger charge is 2.34. The Morgan fingerprint density at radius 2 is 1.80 bits per heavy atom. The molecule has 2 aromatic carbocycles. The zero-order valence-corrected chi connectivity index (χ0v) is 21.5. The van der Waals surface area contributed by atoms with Crippen LogP contribution in [0.5, 0.6) is 0 Å². The van der Waals surface area contributed by atoms with E-state index in [1.54, 1.807) is 24.3 Å². The van der Waals surface area contributed by atoms with Crippen molar-refractivity contribution < 1.29 is 18.7 Å². The standard InChI is InChI=1S/C27H22BrClN2O4/c1-27(2)12-18-19(14-34-27)22(15-6-4-3-5-7-15)31-26-21(18)23(30-20(32)13-29)25(35-26)24(33)16-8-10-17(28)11-9-16/h3-11H,12-14H2,1-2H3,(H,30,32). The molecular weight excluding hydrogens is 532 g/mol. The number of benzene rings is 2. The van der Waals surface area contributed by atoms with E-state index in [2.05, 4.69) is 21.2 Å². The first-order valence-electron chi connectivity index (χ1n) is 11.1. The van der Waals surface area contributed by atoms with Gasteiger partial charge in [0, 0.05) is 27.6 Å². The van der Waals surface area contributed by atoms with E-state index in [9.17, 15) is 9.59 Å². The van der Waals surface area contributed by atoms with Gasteiger partial charge in [-0.3, -0.25) is 9.59 Å². The second-order valence-electron chi connectivity index (χ2n) is 9.01. The molecule has 1 N–H and O–H groups in total. The highest BCUT2D eigenvalue weighted by molar-refractivity contribution is 9.10. The highest BCUT2D eigenvalue weighted by Crippen LogP contribution is 2.43. The Kier molecular flexibility index (Phi) is 6.25. The smallest absolute Gasteiger partial charge is 0.239 e. The molecule has 0 radical (unpaired) electrons. The van der Waals surface area contributed by atoms with Gasteiger partial charge in [-0.2, -0.15) is 0 Å². The molecule has 4 aromatic rings. The summed E-state index contributed by atoms with van der Waals surface area (Å²) in [6.45, 7) is 4.37. The topological polar surface area (TPSA) is 81.4 Å². The molecule has 3 heterocycles. The molecule has 1 aliphatic rings. The number of ketones is 1. The van der Waals surface area contributed by atoms with Crippen LogP contribution in [-0.4, -0.2) is 28.2 Å². The maximum atomic E-state index is 13.5. The SMILES string of the molecule is CC1(C)Cc2c(c(-c3ccccc3)nc3oc(C(=O)c4ccc(Br)cc4)c(NC(=O)CCl)c23)CO1. The Labute approximate surface area is 215 Å². The summed E-state index contributed by atoms with van der Waals surface area (Å²) in [5.74, 6) is -1.04. The molecule has 6 nitrogen and oxygen atoms in total. The first kappa shape index (κ1) is 23.7. The summed E-state index contributed by atoms with van der Waals surface area (Å²) in [7, 11) is 0. The molecule has 178 valence electrons. The third-order valence-electron chi connectivity index (χ3n) is 6.01. The summed E-state index contributed by atoms with van der Waals surface area (Å²) in [6, 6.07) is 16.7. The first-order chi connectivity index (χ1) is 16.8. The normalized spacial score (nSPS) is 14.5. The molecule has 1 amide bonds. The molecule has 5 rings (SSSR count). The van der Waals surface area contributed by atoms with Crippen LogP contribution >= 0.6 is 27.5 Å². The van der Waals surface area contributed by atoms with Crippen LogP contribution in [0.4, 0.5) is 5.69 Å². The molecule has 0 aliphatic carbocycles. The lowest BCUT2D eigenvalue weighted by molar-refractivity contribution is -0.113. The lowest BCUT2D eigenvalue weighted by Crippen LogP contribution is -2.32. The van der Waals surface area contributed by atoms with Crippen LogP contribution in [0.15, 0.2) is 63.5 Å². The number of hydrogen-bond acceptors (Lipinski definition) is 5. The van der Waals surface area contributed by atoms with E-state index in [-0.39, 0.29) is 23.1 Å². The van der Waals surface area contributed by atoms with Gasteiger partial charge in [-0.25, -0.2) is 4.98 Å².